The van der Waals surface area contributed by atoms with Crippen LogP contribution in [-0.2, 0) is 16.0 Å². The molecule has 0 aliphatic heterocycles. The fourth-order valence-electron chi connectivity index (χ4n) is 1.24. The molecule has 0 saturated carbocycles. The molecule has 7 heteroatoms. The zero-order valence-electron chi connectivity index (χ0n) is 8.84. The van der Waals surface area contributed by atoms with E-state index in [1.807, 2.05) is 22.6 Å². The molecule has 0 spiro atoms. The number of aromatic nitrogens is 1. The van der Waals surface area contributed by atoms with Crippen LogP contribution in [0.5, 0.6) is 0 Å². The van der Waals surface area contributed by atoms with E-state index in [0.29, 0.717) is 8.17 Å². The number of ether oxygens (including phenoxy) is 1. The van der Waals surface area contributed by atoms with Crippen LogP contribution in [0.4, 0.5) is 8.78 Å². The Morgan fingerprint density at radius 1 is 1.65 bits per heavy atom. The summed E-state index contributed by atoms with van der Waals surface area (Å²) in [7, 11) is 0. The number of carbonyl (C=O) groups is 1. The van der Waals surface area contributed by atoms with Crippen LogP contribution in [0.15, 0.2) is 10.8 Å². The Morgan fingerprint density at radius 3 is 2.82 bits per heavy atom. The Hall–Kier alpha value is -0.310. The Morgan fingerprint density at radius 2 is 2.29 bits per heavy atom. The molecule has 1 aromatic rings. The monoisotopic (exact) mass is 419 g/mol. The van der Waals surface area contributed by atoms with Gasteiger partial charge in [0.25, 0.3) is 6.43 Å². The van der Waals surface area contributed by atoms with Crippen molar-refractivity contribution in [3.05, 3.63) is 25.5 Å². The maximum absolute atomic E-state index is 12.8. The molecule has 0 aliphatic carbocycles. The summed E-state index contributed by atoms with van der Waals surface area (Å²) in [6, 6.07) is 0. The van der Waals surface area contributed by atoms with Crippen molar-refractivity contribution in [2.45, 2.75) is 19.8 Å². The van der Waals surface area contributed by atoms with Crippen molar-refractivity contribution in [2.24, 2.45) is 0 Å². The molecule has 0 fully saturated rings. The first-order valence-electron chi connectivity index (χ1n) is 4.73. The number of hydrogen-bond donors (Lipinski definition) is 0. The molecule has 3 nitrogen and oxygen atoms in total. The second-order valence-corrected chi connectivity index (χ2v) is 4.91. The van der Waals surface area contributed by atoms with Crippen molar-refractivity contribution in [1.82, 2.24) is 4.98 Å². The third-order valence-electron chi connectivity index (χ3n) is 1.97. The smallest absolute Gasteiger partial charge is 0.310 e. The highest BCUT2D eigenvalue weighted by molar-refractivity contribution is 14.1. The number of pyridine rings is 1. The second kappa shape index (κ2) is 6.58. The fourth-order valence-corrected chi connectivity index (χ4v) is 2.22. The van der Waals surface area contributed by atoms with E-state index in [1.165, 1.54) is 0 Å². The molecule has 0 bridgehead atoms. The quantitative estimate of drug-likeness (QED) is 0.426. The lowest BCUT2D eigenvalue weighted by Gasteiger charge is -2.11. The highest BCUT2D eigenvalue weighted by Crippen LogP contribution is 2.30. The predicted octanol–water partition coefficient (Wildman–Crippen LogP) is 3.49. The topological polar surface area (TPSA) is 39.2 Å². The van der Waals surface area contributed by atoms with Gasteiger partial charge in [0.1, 0.15) is 4.60 Å². The van der Waals surface area contributed by atoms with Crippen molar-refractivity contribution in [3.63, 3.8) is 0 Å². The lowest BCUT2D eigenvalue weighted by atomic mass is 10.1. The molecule has 94 valence electrons. The Kier molecular flexibility index (Phi) is 5.71. The van der Waals surface area contributed by atoms with Crippen molar-refractivity contribution in [3.8, 4) is 0 Å². The molecular weight excluding hydrogens is 411 g/mol. The Labute approximate surface area is 119 Å². The Balaban J connectivity index is 3.10. The summed E-state index contributed by atoms with van der Waals surface area (Å²) >= 11 is 5.02. The molecule has 0 atom stereocenters. The molecule has 1 heterocycles. The Bertz CT molecular complexity index is 429. The summed E-state index contributed by atoms with van der Waals surface area (Å²) in [5, 5.41) is 0. The van der Waals surface area contributed by atoms with Crippen molar-refractivity contribution in [1.29, 1.82) is 0 Å². The largest absolute Gasteiger partial charge is 0.466 e. The number of rotatable bonds is 4. The first-order valence-corrected chi connectivity index (χ1v) is 6.61. The van der Waals surface area contributed by atoms with Gasteiger partial charge in [0.2, 0.25) is 0 Å². The van der Waals surface area contributed by atoms with E-state index in [-0.39, 0.29) is 24.2 Å². The van der Waals surface area contributed by atoms with Crippen molar-refractivity contribution < 1.29 is 18.3 Å². The highest BCUT2D eigenvalue weighted by Gasteiger charge is 2.20. The van der Waals surface area contributed by atoms with Crippen LogP contribution in [0.2, 0.25) is 0 Å². The molecule has 0 radical (unpaired) electrons. The van der Waals surface area contributed by atoms with Gasteiger partial charge in [-0.05, 0) is 51.0 Å². The van der Waals surface area contributed by atoms with Crippen LogP contribution in [0.1, 0.15) is 24.5 Å². The minimum Gasteiger partial charge on any atom is -0.466 e. The molecule has 0 amide bonds. The molecule has 0 saturated heterocycles. The molecule has 17 heavy (non-hydrogen) atoms. The van der Waals surface area contributed by atoms with Crippen LogP contribution >= 0.6 is 38.5 Å². The molecule has 0 aliphatic rings. The second-order valence-electron chi connectivity index (χ2n) is 3.08. The van der Waals surface area contributed by atoms with Gasteiger partial charge in [-0.25, -0.2) is 13.8 Å². The van der Waals surface area contributed by atoms with Crippen LogP contribution in [-0.4, -0.2) is 17.6 Å². The van der Waals surface area contributed by atoms with E-state index in [2.05, 4.69) is 20.9 Å². The van der Waals surface area contributed by atoms with Gasteiger partial charge in [-0.15, -0.1) is 0 Å². The van der Waals surface area contributed by atoms with Gasteiger partial charge in [-0.3, -0.25) is 4.79 Å². The number of nitrogens with zero attached hydrogens (tertiary/aromatic N) is 1. The van der Waals surface area contributed by atoms with Crippen LogP contribution in [0, 0.1) is 3.57 Å². The van der Waals surface area contributed by atoms with Gasteiger partial charge in [0.15, 0.2) is 0 Å². The van der Waals surface area contributed by atoms with E-state index >= 15 is 0 Å². The van der Waals surface area contributed by atoms with Gasteiger partial charge < -0.3 is 4.74 Å². The average molecular weight is 420 g/mol. The molecule has 1 aromatic heterocycles. The molecule has 0 aromatic carbocycles. The lowest BCUT2D eigenvalue weighted by Crippen LogP contribution is -2.11. The normalized spacial score (nSPS) is 10.7. The number of halogens is 4. The molecule has 0 unspecified atom stereocenters. The fraction of sp³-hybridized carbons (Fsp3) is 0.400. The van der Waals surface area contributed by atoms with Crippen LogP contribution in [0.3, 0.4) is 0 Å². The van der Waals surface area contributed by atoms with Gasteiger partial charge in [0, 0.05) is 11.8 Å². The molecule has 1 rings (SSSR count). The molecular formula is C10H9BrF2INO2. The zero-order chi connectivity index (χ0) is 13.0. The van der Waals surface area contributed by atoms with Crippen LogP contribution in [0.25, 0.3) is 0 Å². The number of esters is 1. The SMILES string of the molecule is CCOC(=O)Cc1c(C(F)F)cnc(Br)c1I. The minimum absolute atomic E-state index is 0.174. The predicted molar refractivity (Wildman–Crippen MR) is 69.9 cm³/mol. The van der Waals surface area contributed by atoms with E-state index in [0.717, 1.165) is 6.20 Å². The molecule has 0 N–H and O–H groups in total. The summed E-state index contributed by atoms with van der Waals surface area (Å²) in [5.41, 5.74) is 0.0339. The summed E-state index contributed by atoms with van der Waals surface area (Å²) < 4.78 is 31.2. The van der Waals surface area contributed by atoms with E-state index in [9.17, 15) is 13.6 Å². The van der Waals surface area contributed by atoms with E-state index < -0.39 is 12.4 Å². The third kappa shape index (κ3) is 3.84. The van der Waals surface area contributed by atoms with Gasteiger partial charge >= 0.3 is 5.97 Å². The summed E-state index contributed by atoms with van der Waals surface area (Å²) in [6.07, 6.45) is -1.76. The van der Waals surface area contributed by atoms with Gasteiger partial charge in [-0.1, -0.05) is 0 Å². The maximum Gasteiger partial charge on any atom is 0.310 e. The zero-order valence-corrected chi connectivity index (χ0v) is 12.6. The summed E-state index contributed by atoms with van der Waals surface area (Å²) in [6.45, 7) is 1.89. The summed E-state index contributed by atoms with van der Waals surface area (Å²) in [4.78, 5) is 15.1. The van der Waals surface area contributed by atoms with Crippen LogP contribution < -0.4 is 0 Å². The maximum atomic E-state index is 12.8. The first kappa shape index (κ1) is 14.7. The number of carbonyl (C=O) groups excluding carboxylic acids is 1. The minimum atomic E-state index is -2.66. The summed E-state index contributed by atoms with van der Waals surface area (Å²) in [5.74, 6) is -0.523. The first-order chi connectivity index (χ1) is 7.97. The third-order valence-corrected chi connectivity index (χ3v) is 4.48. The van der Waals surface area contributed by atoms with Gasteiger partial charge in [0.05, 0.1) is 16.6 Å². The van der Waals surface area contributed by atoms with E-state index in [1.54, 1.807) is 6.92 Å². The number of hydrogen-bond acceptors (Lipinski definition) is 3. The van der Waals surface area contributed by atoms with Crippen molar-refractivity contribution >= 4 is 44.5 Å². The highest BCUT2D eigenvalue weighted by atomic mass is 127. The van der Waals surface area contributed by atoms with Crippen molar-refractivity contribution in [2.75, 3.05) is 6.61 Å². The average Bonchev–Trinajstić information content (AvgIpc) is 2.25. The van der Waals surface area contributed by atoms with Gasteiger partial charge in [-0.2, -0.15) is 0 Å². The lowest BCUT2D eigenvalue weighted by molar-refractivity contribution is -0.142. The standard InChI is InChI=1S/C10H9BrF2INO2/c1-2-17-7(16)3-5-6(10(12)13)4-15-9(11)8(5)14/h4,10H,2-3H2,1H3. The number of alkyl halides is 2. The van der Waals surface area contributed by atoms with E-state index in [4.69, 9.17) is 4.74 Å².